The van der Waals surface area contributed by atoms with Gasteiger partial charge < -0.3 is 10.6 Å². The fourth-order valence-electron chi connectivity index (χ4n) is 2.51. The van der Waals surface area contributed by atoms with Crippen molar-refractivity contribution in [2.75, 3.05) is 10.6 Å². The summed E-state index contributed by atoms with van der Waals surface area (Å²) in [7, 11) is 0. The number of halogens is 3. The van der Waals surface area contributed by atoms with Crippen molar-refractivity contribution < 1.29 is 13.2 Å². The van der Waals surface area contributed by atoms with E-state index in [1.54, 1.807) is 6.07 Å². The molecule has 20 heavy (non-hydrogen) atoms. The largest absolute Gasteiger partial charge is 0.416 e. The van der Waals surface area contributed by atoms with Gasteiger partial charge in [0, 0.05) is 24.5 Å². The summed E-state index contributed by atoms with van der Waals surface area (Å²) in [6, 6.07) is 11.0. The Hall–Kier alpha value is -2.17. The number of hydrogen-bond donors (Lipinski definition) is 1. The summed E-state index contributed by atoms with van der Waals surface area (Å²) >= 11 is 0. The van der Waals surface area contributed by atoms with E-state index >= 15 is 0 Å². The molecule has 5 heteroatoms. The molecule has 0 unspecified atom stereocenters. The van der Waals surface area contributed by atoms with Crippen molar-refractivity contribution in [2.24, 2.45) is 0 Å². The first-order valence-electron chi connectivity index (χ1n) is 6.23. The Morgan fingerprint density at radius 1 is 1.00 bits per heavy atom. The molecule has 0 aromatic heterocycles. The van der Waals surface area contributed by atoms with Gasteiger partial charge in [-0.15, -0.1) is 0 Å². The number of hydrogen-bond acceptors (Lipinski definition) is 2. The topological polar surface area (TPSA) is 29.3 Å². The third-order valence-electron chi connectivity index (χ3n) is 3.56. The van der Waals surface area contributed by atoms with Crippen LogP contribution in [0.25, 0.3) is 0 Å². The Morgan fingerprint density at radius 3 is 2.45 bits per heavy atom. The quantitative estimate of drug-likeness (QED) is 0.804. The normalized spacial score (nSPS) is 14.4. The Bertz CT molecular complexity index is 650. The van der Waals surface area contributed by atoms with Crippen LogP contribution in [0.3, 0.4) is 0 Å². The summed E-state index contributed by atoms with van der Waals surface area (Å²) in [6.45, 7) is 1.13. The lowest BCUT2D eigenvalue weighted by atomic mass is 10.1. The molecule has 104 valence electrons. The van der Waals surface area contributed by atoms with Gasteiger partial charge in [-0.05, 0) is 35.4 Å². The van der Waals surface area contributed by atoms with E-state index in [1.807, 2.05) is 23.1 Å². The molecule has 2 N–H and O–H groups in total. The highest BCUT2D eigenvalue weighted by Gasteiger charge is 2.31. The van der Waals surface area contributed by atoms with Gasteiger partial charge in [0.15, 0.2) is 0 Å². The van der Waals surface area contributed by atoms with Gasteiger partial charge in [-0.25, -0.2) is 0 Å². The van der Waals surface area contributed by atoms with Crippen molar-refractivity contribution in [1.29, 1.82) is 0 Å². The van der Waals surface area contributed by atoms with Gasteiger partial charge in [0.05, 0.1) is 5.56 Å². The van der Waals surface area contributed by atoms with Gasteiger partial charge in [-0.3, -0.25) is 0 Å². The molecular formula is C15H13F3N2. The van der Waals surface area contributed by atoms with Gasteiger partial charge in [-0.1, -0.05) is 18.2 Å². The Balaban J connectivity index is 1.92. The zero-order chi connectivity index (χ0) is 14.3. The summed E-state index contributed by atoms with van der Waals surface area (Å²) in [6.07, 6.45) is -4.32. The molecule has 0 aliphatic carbocycles. The summed E-state index contributed by atoms with van der Waals surface area (Å²) < 4.78 is 38.2. The minimum absolute atomic E-state index is 0.545. The second kappa shape index (κ2) is 4.44. The molecule has 3 rings (SSSR count). The van der Waals surface area contributed by atoms with E-state index < -0.39 is 11.7 Å². The number of alkyl halides is 3. The number of nitrogens with zero attached hydrogens (tertiary/aromatic N) is 1. The van der Waals surface area contributed by atoms with E-state index in [2.05, 4.69) is 0 Å². The smallest absolute Gasteiger partial charge is 0.398 e. The number of rotatable bonds is 1. The van der Waals surface area contributed by atoms with Crippen molar-refractivity contribution >= 4 is 11.4 Å². The monoisotopic (exact) mass is 278 g/mol. The average Bonchev–Trinajstić information content (AvgIpc) is 2.83. The van der Waals surface area contributed by atoms with Gasteiger partial charge in [0.25, 0.3) is 0 Å². The highest BCUT2D eigenvalue weighted by Crippen LogP contribution is 2.35. The molecule has 0 amide bonds. The molecule has 2 aromatic rings. The van der Waals surface area contributed by atoms with Crippen molar-refractivity contribution in [2.45, 2.75) is 19.3 Å². The first-order chi connectivity index (χ1) is 9.45. The van der Waals surface area contributed by atoms with Gasteiger partial charge in [0.2, 0.25) is 0 Å². The van der Waals surface area contributed by atoms with E-state index in [1.165, 1.54) is 12.1 Å². The molecule has 1 aliphatic heterocycles. The number of benzene rings is 2. The van der Waals surface area contributed by atoms with Crippen LogP contribution < -0.4 is 10.6 Å². The number of nitrogens with two attached hydrogens (primary N) is 1. The van der Waals surface area contributed by atoms with Crippen molar-refractivity contribution in [3.8, 4) is 0 Å². The van der Waals surface area contributed by atoms with Crippen LogP contribution in [0.15, 0.2) is 42.5 Å². The van der Waals surface area contributed by atoms with Crippen LogP contribution in [-0.2, 0) is 19.3 Å². The minimum Gasteiger partial charge on any atom is -0.398 e. The Kier molecular flexibility index (Phi) is 2.85. The highest BCUT2D eigenvalue weighted by atomic mass is 19.4. The zero-order valence-corrected chi connectivity index (χ0v) is 10.6. The lowest BCUT2D eigenvalue weighted by Gasteiger charge is -2.19. The second-order valence-electron chi connectivity index (χ2n) is 4.89. The van der Waals surface area contributed by atoms with Crippen molar-refractivity contribution in [1.82, 2.24) is 0 Å². The molecule has 0 fully saturated rings. The molecular weight excluding hydrogens is 265 g/mol. The predicted molar refractivity (Wildman–Crippen MR) is 72.2 cm³/mol. The van der Waals surface area contributed by atoms with Crippen molar-refractivity contribution in [3.63, 3.8) is 0 Å². The molecule has 0 atom stereocenters. The van der Waals surface area contributed by atoms with Crippen LogP contribution in [0, 0.1) is 0 Å². The summed E-state index contributed by atoms with van der Waals surface area (Å²) in [5.41, 5.74) is 8.61. The summed E-state index contributed by atoms with van der Waals surface area (Å²) in [5.74, 6) is 0. The molecule has 1 heterocycles. The third kappa shape index (κ3) is 2.19. The number of fused-ring (bicyclic) bond motifs is 1. The molecule has 0 spiro atoms. The molecule has 0 saturated heterocycles. The summed E-state index contributed by atoms with van der Waals surface area (Å²) in [5, 5.41) is 0. The fraction of sp³-hybridized carbons (Fsp3) is 0.200. The maximum absolute atomic E-state index is 12.7. The molecule has 0 bridgehead atoms. The Labute approximate surface area is 114 Å². The van der Waals surface area contributed by atoms with Crippen molar-refractivity contribution in [3.05, 3.63) is 59.2 Å². The van der Waals surface area contributed by atoms with Crippen LogP contribution in [0.1, 0.15) is 16.7 Å². The standard InChI is InChI=1S/C15H13F3N2/c16-15(17,18)11-4-2-5-12(7-11)20-8-10-3-1-6-14(19)13(10)9-20/h1-7H,8-9,19H2. The van der Waals surface area contributed by atoms with Crippen LogP contribution in [0.4, 0.5) is 24.5 Å². The van der Waals surface area contributed by atoms with E-state index in [4.69, 9.17) is 5.73 Å². The SMILES string of the molecule is Nc1cccc2c1CN(c1cccc(C(F)(F)F)c1)C2. The molecule has 2 nitrogen and oxygen atoms in total. The van der Waals surface area contributed by atoms with Gasteiger partial charge in [0.1, 0.15) is 0 Å². The fourth-order valence-corrected chi connectivity index (χ4v) is 2.51. The summed E-state index contributed by atoms with van der Waals surface area (Å²) in [4.78, 5) is 1.90. The number of nitrogen functional groups attached to an aromatic ring is 1. The number of anilines is 2. The maximum Gasteiger partial charge on any atom is 0.416 e. The first-order valence-corrected chi connectivity index (χ1v) is 6.23. The van der Waals surface area contributed by atoms with Crippen LogP contribution in [-0.4, -0.2) is 0 Å². The third-order valence-corrected chi connectivity index (χ3v) is 3.56. The van der Waals surface area contributed by atoms with Gasteiger partial charge >= 0.3 is 6.18 Å². The Morgan fingerprint density at radius 2 is 1.75 bits per heavy atom. The first kappa shape index (κ1) is 12.8. The van der Waals surface area contributed by atoms with Crippen LogP contribution in [0.5, 0.6) is 0 Å². The second-order valence-corrected chi connectivity index (χ2v) is 4.89. The molecule has 2 aromatic carbocycles. The van der Waals surface area contributed by atoms with Crippen LogP contribution >= 0.6 is 0 Å². The highest BCUT2D eigenvalue weighted by molar-refractivity contribution is 5.60. The van der Waals surface area contributed by atoms with Gasteiger partial charge in [-0.2, -0.15) is 13.2 Å². The zero-order valence-electron chi connectivity index (χ0n) is 10.6. The lowest BCUT2D eigenvalue weighted by Crippen LogP contribution is -2.15. The molecule has 0 radical (unpaired) electrons. The molecule has 0 saturated carbocycles. The van der Waals surface area contributed by atoms with E-state index in [0.717, 1.165) is 17.2 Å². The predicted octanol–water partition coefficient (Wildman–Crippen LogP) is 3.81. The van der Waals surface area contributed by atoms with E-state index in [-0.39, 0.29) is 0 Å². The maximum atomic E-state index is 12.7. The van der Waals surface area contributed by atoms with Crippen LogP contribution in [0.2, 0.25) is 0 Å². The van der Waals surface area contributed by atoms with E-state index in [0.29, 0.717) is 24.5 Å². The minimum atomic E-state index is -4.32. The average molecular weight is 278 g/mol. The molecule has 1 aliphatic rings. The van der Waals surface area contributed by atoms with E-state index in [9.17, 15) is 13.2 Å². The lowest BCUT2D eigenvalue weighted by molar-refractivity contribution is -0.137.